The third-order valence-electron chi connectivity index (χ3n) is 2.68. The lowest BCUT2D eigenvalue weighted by atomic mass is 10.1. The standard InChI is InChI=1S/C14H16N2O/c1-10(2)17-12-4-5-14-13(8-12)11(6-7-15)9-16(14)3/h4-5,8-10H,6H2,1-3H3. The summed E-state index contributed by atoms with van der Waals surface area (Å²) in [6.07, 6.45) is 2.60. The van der Waals surface area contributed by atoms with Crippen LogP contribution in [0, 0.1) is 11.3 Å². The van der Waals surface area contributed by atoms with Crippen molar-refractivity contribution in [1.82, 2.24) is 4.57 Å². The van der Waals surface area contributed by atoms with Gasteiger partial charge < -0.3 is 9.30 Å². The van der Waals surface area contributed by atoms with E-state index < -0.39 is 0 Å². The largest absolute Gasteiger partial charge is 0.491 e. The lowest BCUT2D eigenvalue weighted by Crippen LogP contribution is -2.05. The fraction of sp³-hybridized carbons (Fsp3) is 0.357. The van der Waals surface area contributed by atoms with Gasteiger partial charge in [0.1, 0.15) is 5.75 Å². The van der Waals surface area contributed by atoms with Crippen molar-refractivity contribution in [1.29, 1.82) is 5.26 Å². The summed E-state index contributed by atoms with van der Waals surface area (Å²) in [4.78, 5) is 0. The van der Waals surface area contributed by atoms with E-state index in [2.05, 4.69) is 6.07 Å². The topological polar surface area (TPSA) is 37.9 Å². The van der Waals surface area contributed by atoms with Gasteiger partial charge in [0.15, 0.2) is 0 Å². The second-order valence-corrected chi connectivity index (χ2v) is 4.45. The summed E-state index contributed by atoms with van der Waals surface area (Å²) in [5.74, 6) is 0.859. The average molecular weight is 228 g/mol. The molecular formula is C14H16N2O. The molecule has 17 heavy (non-hydrogen) atoms. The Morgan fingerprint density at radius 3 is 2.82 bits per heavy atom. The van der Waals surface area contributed by atoms with Crippen molar-refractivity contribution in [3.05, 3.63) is 30.0 Å². The Morgan fingerprint density at radius 1 is 1.41 bits per heavy atom. The van der Waals surface area contributed by atoms with E-state index in [4.69, 9.17) is 10.00 Å². The van der Waals surface area contributed by atoms with Gasteiger partial charge in [0.2, 0.25) is 0 Å². The number of rotatable bonds is 3. The van der Waals surface area contributed by atoms with E-state index in [1.165, 1.54) is 0 Å². The molecule has 0 amide bonds. The van der Waals surface area contributed by atoms with Crippen molar-refractivity contribution in [2.75, 3.05) is 0 Å². The Labute approximate surface area is 101 Å². The summed E-state index contributed by atoms with van der Waals surface area (Å²) in [6, 6.07) is 8.22. The molecule has 3 heteroatoms. The molecule has 0 N–H and O–H groups in total. The van der Waals surface area contributed by atoms with Gasteiger partial charge >= 0.3 is 0 Å². The normalized spacial score (nSPS) is 10.8. The molecule has 88 valence electrons. The van der Waals surface area contributed by atoms with Crippen molar-refractivity contribution in [3.63, 3.8) is 0 Å². The summed E-state index contributed by atoms with van der Waals surface area (Å²) in [5, 5.41) is 9.92. The van der Waals surface area contributed by atoms with Gasteiger partial charge in [-0.25, -0.2) is 0 Å². The summed E-state index contributed by atoms with van der Waals surface area (Å²) in [6.45, 7) is 4.01. The molecule has 0 saturated heterocycles. The first-order valence-corrected chi connectivity index (χ1v) is 5.73. The zero-order valence-electron chi connectivity index (χ0n) is 10.4. The first-order valence-electron chi connectivity index (χ1n) is 5.73. The van der Waals surface area contributed by atoms with Crippen LogP contribution in [-0.4, -0.2) is 10.7 Å². The van der Waals surface area contributed by atoms with Crippen LogP contribution < -0.4 is 4.74 Å². The predicted molar refractivity (Wildman–Crippen MR) is 68.0 cm³/mol. The first kappa shape index (κ1) is 11.5. The van der Waals surface area contributed by atoms with Crippen LogP contribution in [0.25, 0.3) is 10.9 Å². The number of nitrogens with zero attached hydrogens (tertiary/aromatic N) is 2. The molecule has 0 aliphatic heterocycles. The van der Waals surface area contributed by atoms with Crippen LogP contribution in [0.4, 0.5) is 0 Å². The first-order chi connectivity index (χ1) is 8.11. The van der Waals surface area contributed by atoms with Crippen LogP contribution in [0.2, 0.25) is 0 Å². The Balaban J connectivity index is 2.51. The summed E-state index contributed by atoms with van der Waals surface area (Å²) < 4.78 is 7.72. The van der Waals surface area contributed by atoms with Gasteiger partial charge in [0, 0.05) is 24.1 Å². The Bertz CT molecular complexity index is 576. The molecule has 2 aromatic rings. The third-order valence-corrected chi connectivity index (χ3v) is 2.68. The second kappa shape index (κ2) is 4.50. The van der Waals surface area contributed by atoms with Crippen LogP contribution in [-0.2, 0) is 13.5 Å². The monoisotopic (exact) mass is 228 g/mol. The molecule has 0 unspecified atom stereocenters. The molecule has 0 saturated carbocycles. The van der Waals surface area contributed by atoms with Crippen molar-refractivity contribution in [2.45, 2.75) is 26.4 Å². The van der Waals surface area contributed by atoms with Gasteiger partial charge in [-0.1, -0.05) is 0 Å². The van der Waals surface area contributed by atoms with Crippen molar-refractivity contribution >= 4 is 10.9 Å². The molecule has 1 aromatic heterocycles. The molecule has 0 aliphatic carbocycles. The van der Waals surface area contributed by atoms with Crippen LogP contribution in [0.5, 0.6) is 5.75 Å². The van der Waals surface area contributed by atoms with Crippen LogP contribution in [0.1, 0.15) is 19.4 Å². The van der Waals surface area contributed by atoms with Crippen LogP contribution in [0.15, 0.2) is 24.4 Å². The SMILES string of the molecule is CC(C)Oc1ccc2c(c1)c(CC#N)cn2C. The minimum absolute atomic E-state index is 0.163. The molecule has 0 atom stereocenters. The zero-order valence-corrected chi connectivity index (χ0v) is 10.4. The number of aromatic nitrogens is 1. The lowest BCUT2D eigenvalue weighted by Gasteiger charge is -2.09. The number of hydrogen-bond acceptors (Lipinski definition) is 2. The lowest BCUT2D eigenvalue weighted by molar-refractivity contribution is 0.243. The number of hydrogen-bond donors (Lipinski definition) is 0. The van der Waals surface area contributed by atoms with E-state index in [9.17, 15) is 0 Å². The minimum atomic E-state index is 0.163. The fourth-order valence-electron chi connectivity index (χ4n) is 2.02. The fourth-order valence-corrected chi connectivity index (χ4v) is 2.02. The number of aryl methyl sites for hydroxylation is 1. The van der Waals surface area contributed by atoms with E-state index in [1.807, 2.05) is 49.9 Å². The Kier molecular flexibility index (Phi) is 3.06. The molecule has 0 bridgehead atoms. The highest BCUT2D eigenvalue weighted by Crippen LogP contribution is 2.26. The van der Waals surface area contributed by atoms with Crippen LogP contribution >= 0.6 is 0 Å². The third kappa shape index (κ3) is 2.26. The minimum Gasteiger partial charge on any atom is -0.491 e. The van der Waals surface area contributed by atoms with Gasteiger partial charge in [-0.3, -0.25) is 0 Å². The summed E-state index contributed by atoms with van der Waals surface area (Å²) >= 11 is 0. The second-order valence-electron chi connectivity index (χ2n) is 4.45. The van der Waals surface area contributed by atoms with E-state index in [1.54, 1.807) is 0 Å². The van der Waals surface area contributed by atoms with Gasteiger partial charge in [-0.2, -0.15) is 5.26 Å². The highest BCUT2D eigenvalue weighted by Gasteiger charge is 2.08. The van der Waals surface area contributed by atoms with E-state index in [0.717, 1.165) is 22.2 Å². The molecule has 0 spiro atoms. The zero-order chi connectivity index (χ0) is 12.4. The van der Waals surface area contributed by atoms with E-state index in [-0.39, 0.29) is 6.10 Å². The summed E-state index contributed by atoms with van der Waals surface area (Å²) in [5.41, 5.74) is 2.19. The smallest absolute Gasteiger partial charge is 0.120 e. The quantitative estimate of drug-likeness (QED) is 0.809. The molecule has 0 fully saturated rings. The Hall–Kier alpha value is -1.95. The highest BCUT2D eigenvalue weighted by molar-refractivity contribution is 5.85. The van der Waals surface area contributed by atoms with Crippen molar-refractivity contribution < 1.29 is 4.74 Å². The van der Waals surface area contributed by atoms with Crippen molar-refractivity contribution in [2.24, 2.45) is 7.05 Å². The number of nitriles is 1. The van der Waals surface area contributed by atoms with Gasteiger partial charge in [0.25, 0.3) is 0 Å². The molecule has 1 aromatic carbocycles. The summed E-state index contributed by atoms with van der Waals surface area (Å²) in [7, 11) is 1.99. The predicted octanol–water partition coefficient (Wildman–Crippen LogP) is 3.03. The molecule has 0 aliphatic rings. The molecule has 0 radical (unpaired) electrons. The average Bonchev–Trinajstić information content (AvgIpc) is 2.55. The van der Waals surface area contributed by atoms with Gasteiger partial charge in [0.05, 0.1) is 18.6 Å². The van der Waals surface area contributed by atoms with Gasteiger partial charge in [-0.15, -0.1) is 0 Å². The molecule has 3 nitrogen and oxygen atoms in total. The number of fused-ring (bicyclic) bond motifs is 1. The maximum absolute atomic E-state index is 8.81. The number of ether oxygens (including phenoxy) is 1. The molecular weight excluding hydrogens is 212 g/mol. The molecule has 1 heterocycles. The van der Waals surface area contributed by atoms with Crippen molar-refractivity contribution in [3.8, 4) is 11.8 Å². The Morgan fingerprint density at radius 2 is 2.18 bits per heavy atom. The highest BCUT2D eigenvalue weighted by atomic mass is 16.5. The van der Waals surface area contributed by atoms with Gasteiger partial charge in [-0.05, 0) is 37.6 Å². The van der Waals surface area contributed by atoms with Crippen LogP contribution in [0.3, 0.4) is 0 Å². The number of benzene rings is 1. The maximum Gasteiger partial charge on any atom is 0.120 e. The van der Waals surface area contributed by atoms with E-state index >= 15 is 0 Å². The maximum atomic E-state index is 8.81. The van der Waals surface area contributed by atoms with E-state index in [0.29, 0.717) is 6.42 Å². The molecule has 2 rings (SSSR count).